The lowest BCUT2D eigenvalue weighted by Crippen LogP contribution is -2.12. The summed E-state index contributed by atoms with van der Waals surface area (Å²) in [6.07, 6.45) is 0. The summed E-state index contributed by atoms with van der Waals surface area (Å²) in [6.45, 7) is 1.79. The molecule has 1 aromatic carbocycles. The molecule has 1 aromatic heterocycles. The van der Waals surface area contributed by atoms with E-state index in [4.69, 9.17) is 42.4 Å². The van der Waals surface area contributed by atoms with Gasteiger partial charge in [0.05, 0.1) is 30.4 Å². The average molecular weight is 372 g/mol. The smallest absolute Gasteiger partial charge is 0.233 e. The number of aromatic hydroxyl groups is 1. The van der Waals surface area contributed by atoms with Crippen LogP contribution in [0.3, 0.4) is 0 Å². The Kier molecular flexibility index (Phi) is 6.70. The van der Waals surface area contributed by atoms with Gasteiger partial charge >= 0.3 is 0 Å². The number of ether oxygens (including phenoxy) is 2. The molecule has 2 rings (SSSR count). The lowest BCUT2D eigenvalue weighted by molar-refractivity contribution is 0.0758. The molecule has 0 fully saturated rings. The van der Waals surface area contributed by atoms with Gasteiger partial charge in [0.1, 0.15) is 11.8 Å². The van der Waals surface area contributed by atoms with Crippen molar-refractivity contribution in [2.24, 2.45) is 0 Å². The van der Waals surface area contributed by atoms with Gasteiger partial charge in [0.2, 0.25) is 17.5 Å². The second-order valence-corrected chi connectivity index (χ2v) is 5.47. The number of rotatable bonds is 8. The maximum absolute atomic E-state index is 10.0. The highest BCUT2D eigenvalue weighted by atomic mass is 35.5. The fraction of sp³-hybridized carbons (Fsp3) is 0.333. The number of nitriles is 1. The van der Waals surface area contributed by atoms with Crippen molar-refractivity contribution >= 4 is 29.1 Å². The van der Waals surface area contributed by atoms with Crippen molar-refractivity contribution in [3.05, 3.63) is 27.9 Å². The van der Waals surface area contributed by atoms with Gasteiger partial charge in [-0.05, 0) is 12.1 Å². The minimum absolute atomic E-state index is 0.0382. The first-order valence-electron chi connectivity index (χ1n) is 6.96. The Morgan fingerprint density at radius 3 is 2.83 bits per heavy atom. The summed E-state index contributed by atoms with van der Waals surface area (Å²) in [5, 5.41) is 22.5. The molecule has 0 atom stereocenters. The van der Waals surface area contributed by atoms with E-state index in [9.17, 15) is 5.11 Å². The van der Waals surface area contributed by atoms with Gasteiger partial charge in [0.25, 0.3) is 0 Å². The molecular weight excluding hydrogens is 357 g/mol. The van der Waals surface area contributed by atoms with Crippen molar-refractivity contribution in [1.82, 2.24) is 4.98 Å². The number of halogens is 2. The predicted molar refractivity (Wildman–Crippen MR) is 89.5 cm³/mol. The van der Waals surface area contributed by atoms with E-state index < -0.39 is 0 Å². The number of phenols is 1. The fourth-order valence-electron chi connectivity index (χ4n) is 1.84. The molecule has 1 heterocycles. The summed E-state index contributed by atoms with van der Waals surface area (Å²) >= 11 is 11.8. The minimum Gasteiger partial charge on any atom is -0.506 e. The minimum atomic E-state index is -0.221. The molecular formula is C15H15Cl2N3O4. The number of hydrogen-bond donors (Lipinski definition) is 2. The third-order valence-corrected chi connectivity index (χ3v) is 3.46. The summed E-state index contributed by atoms with van der Waals surface area (Å²) in [4.78, 5) is 4.04. The van der Waals surface area contributed by atoms with Crippen LogP contribution in [0, 0.1) is 11.3 Å². The molecule has 0 spiro atoms. The van der Waals surface area contributed by atoms with Crippen LogP contribution in [-0.4, -0.2) is 43.6 Å². The SMILES string of the molecule is COCCOCCNc1oc(-c2cc(Cl)cc(Cl)c2O)nc1C#N. The van der Waals surface area contributed by atoms with Gasteiger partial charge in [-0.3, -0.25) is 0 Å². The van der Waals surface area contributed by atoms with Gasteiger partial charge in [-0.1, -0.05) is 23.2 Å². The highest BCUT2D eigenvalue weighted by Crippen LogP contribution is 2.38. The van der Waals surface area contributed by atoms with Crippen LogP contribution >= 0.6 is 23.2 Å². The van der Waals surface area contributed by atoms with Gasteiger partial charge in [-0.25, -0.2) is 0 Å². The average Bonchev–Trinajstić information content (AvgIpc) is 2.97. The number of hydrogen-bond acceptors (Lipinski definition) is 7. The fourth-order valence-corrected chi connectivity index (χ4v) is 2.33. The van der Waals surface area contributed by atoms with Crippen LogP contribution in [-0.2, 0) is 9.47 Å². The van der Waals surface area contributed by atoms with Crippen LogP contribution < -0.4 is 5.32 Å². The normalized spacial score (nSPS) is 10.6. The van der Waals surface area contributed by atoms with Crippen LogP contribution in [0.15, 0.2) is 16.5 Å². The number of methoxy groups -OCH3 is 1. The Hall–Kier alpha value is -1.98. The number of benzene rings is 1. The molecule has 0 radical (unpaired) electrons. The largest absolute Gasteiger partial charge is 0.506 e. The van der Waals surface area contributed by atoms with Crippen molar-refractivity contribution in [3.63, 3.8) is 0 Å². The summed E-state index contributed by atoms with van der Waals surface area (Å²) in [6, 6.07) is 4.77. The van der Waals surface area contributed by atoms with E-state index in [0.29, 0.717) is 31.4 Å². The number of aromatic nitrogens is 1. The highest BCUT2D eigenvalue weighted by molar-refractivity contribution is 6.36. The number of oxazole rings is 1. The molecule has 7 nitrogen and oxygen atoms in total. The number of phenolic OH excluding ortho intramolecular Hbond substituents is 1. The van der Waals surface area contributed by atoms with Gasteiger partial charge in [0, 0.05) is 18.7 Å². The summed E-state index contributed by atoms with van der Waals surface area (Å²) in [5.74, 6) is -0.00385. The van der Waals surface area contributed by atoms with Gasteiger partial charge < -0.3 is 24.3 Å². The topological polar surface area (TPSA) is 101 Å². The van der Waals surface area contributed by atoms with E-state index in [-0.39, 0.29) is 33.8 Å². The van der Waals surface area contributed by atoms with Gasteiger partial charge in [0.15, 0.2) is 0 Å². The Bertz CT molecular complexity index is 743. The van der Waals surface area contributed by atoms with Crippen LogP contribution in [0.5, 0.6) is 5.75 Å². The van der Waals surface area contributed by atoms with Crippen molar-refractivity contribution in [3.8, 4) is 23.3 Å². The highest BCUT2D eigenvalue weighted by Gasteiger charge is 2.19. The van der Waals surface area contributed by atoms with Crippen molar-refractivity contribution in [2.75, 3.05) is 38.8 Å². The van der Waals surface area contributed by atoms with E-state index in [0.717, 1.165) is 0 Å². The molecule has 9 heteroatoms. The van der Waals surface area contributed by atoms with Crippen LogP contribution in [0.1, 0.15) is 5.69 Å². The summed E-state index contributed by atoms with van der Waals surface area (Å²) in [5.41, 5.74) is 0.255. The van der Waals surface area contributed by atoms with E-state index in [1.807, 2.05) is 6.07 Å². The van der Waals surface area contributed by atoms with Crippen molar-refractivity contribution < 1.29 is 19.0 Å². The zero-order valence-electron chi connectivity index (χ0n) is 12.8. The third-order valence-electron chi connectivity index (χ3n) is 2.96. The predicted octanol–water partition coefficient (Wildman–Crippen LogP) is 3.30. The lowest BCUT2D eigenvalue weighted by atomic mass is 10.2. The second kappa shape index (κ2) is 8.76. The van der Waals surface area contributed by atoms with Gasteiger partial charge in [-0.2, -0.15) is 10.2 Å². The zero-order valence-corrected chi connectivity index (χ0v) is 14.3. The van der Waals surface area contributed by atoms with E-state index in [1.165, 1.54) is 12.1 Å². The van der Waals surface area contributed by atoms with Crippen LogP contribution in [0.25, 0.3) is 11.5 Å². The Morgan fingerprint density at radius 1 is 1.33 bits per heavy atom. The lowest BCUT2D eigenvalue weighted by Gasteiger charge is -2.05. The third kappa shape index (κ3) is 4.52. The first-order valence-corrected chi connectivity index (χ1v) is 7.72. The Morgan fingerprint density at radius 2 is 2.12 bits per heavy atom. The Balaban J connectivity index is 2.12. The first-order chi connectivity index (χ1) is 11.6. The first kappa shape index (κ1) is 18.4. The summed E-state index contributed by atoms with van der Waals surface area (Å²) < 4.78 is 15.7. The number of nitrogens with one attached hydrogen (secondary N) is 1. The molecule has 0 aliphatic heterocycles. The molecule has 0 amide bonds. The monoisotopic (exact) mass is 371 g/mol. The van der Waals surface area contributed by atoms with Crippen LogP contribution in [0.4, 0.5) is 5.88 Å². The molecule has 0 bridgehead atoms. The molecule has 2 aromatic rings. The molecule has 0 saturated heterocycles. The molecule has 24 heavy (non-hydrogen) atoms. The molecule has 0 unspecified atom stereocenters. The van der Waals surface area contributed by atoms with E-state index >= 15 is 0 Å². The molecule has 0 saturated carbocycles. The molecule has 0 aliphatic carbocycles. The van der Waals surface area contributed by atoms with E-state index in [2.05, 4.69) is 10.3 Å². The molecule has 128 valence electrons. The maximum Gasteiger partial charge on any atom is 0.233 e. The molecule has 2 N–H and O–H groups in total. The quantitative estimate of drug-likeness (QED) is 0.686. The zero-order chi connectivity index (χ0) is 17.5. The van der Waals surface area contributed by atoms with Crippen molar-refractivity contribution in [2.45, 2.75) is 0 Å². The van der Waals surface area contributed by atoms with Crippen molar-refractivity contribution in [1.29, 1.82) is 5.26 Å². The van der Waals surface area contributed by atoms with Crippen LogP contribution in [0.2, 0.25) is 10.0 Å². The van der Waals surface area contributed by atoms with E-state index in [1.54, 1.807) is 7.11 Å². The Labute approximate surface area is 148 Å². The summed E-state index contributed by atoms with van der Waals surface area (Å²) in [7, 11) is 1.59. The maximum atomic E-state index is 10.0. The van der Waals surface area contributed by atoms with Gasteiger partial charge in [-0.15, -0.1) is 0 Å². The molecule has 0 aliphatic rings. The second-order valence-electron chi connectivity index (χ2n) is 4.62. The number of nitrogens with zero attached hydrogens (tertiary/aromatic N) is 2. The number of anilines is 1. The standard InChI is InChI=1S/C15H15Cl2N3O4/c1-22-4-5-23-3-2-19-15-12(8-18)20-14(24-15)10-6-9(16)7-11(17)13(10)21/h6-7,19,21H,2-5H2,1H3.